The second-order valence-electron chi connectivity index (χ2n) is 7.04. The summed E-state index contributed by atoms with van der Waals surface area (Å²) in [6, 6.07) is 26.8. The van der Waals surface area contributed by atoms with Crippen molar-refractivity contribution in [3.05, 3.63) is 117 Å². The molecule has 1 aliphatic rings. The number of hydrogen-bond acceptors (Lipinski definition) is 4. The lowest BCUT2D eigenvalue weighted by atomic mass is 9.92. The smallest absolute Gasteiger partial charge is 0.279 e. The van der Waals surface area contributed by atoms with E-state index in [1.165, 1.54) is 16.3 Å². The fraction of sp³-hybridized carbons (Fsp3) is 0. The van der Waals surface area contributed by atoms with Crippen molar-refractivity contribution in [3.63, 3.8) is 0 Å². The number of hydrazine groups is 1. The number of carbonyl (C=O) groups is 1. The van der Waals surface area contributed by atoms with Crippen LogP contribution in [0.15, 0.2) is 101 Å². The summed E-state index contributed by atoms with van der Waals surface area (Å²) in [5, 5.41) is 15.4. The highest BCUT2D eigenvalue weighted by molar-refractivity contribution is 9.10. The maximum atomic E-state index is 13.2. The summed E-state index contributed by atoms with van der Waals surface area (Å²) in [5.74, 6) is -0.457. The van der Waals surface area contributed by atoms with Gasteiger partial charge in [0.15, 0.2) is 0 Å². The molecular formula is C25H17BrN2O2S. The van der Waals surface area contributed by atoms with E-state index >= 15 is 0 Å². The lowest BCUT2D eigenvalue weighted by molar-refractivity contribution is 0.0770. The number of amides is 1. The van der Waals surface area contributed by atoms with Crippen LogP contribution in [0.5, 0.6) is 0 Å². The fourth-order valence-electron chi connectivity index (χ4n) is 3.64. The molecule has 1 aromatic heterocycles. The van der Waals surface area contributed by atoms with Crippen LogP contribution >= 0.6 is 27.3 Å². The van der Waals surface area contributed by atoms with Crippen LogP contribution in [-0.4, -0.2) is 16.0 Å². The molecule has 152 valence electrons. The molecule has 4 nitrogen and oxygen atoms in total. The number of aliphatic hydroxyl groups is 1. The van der Waals surface area contributed by atoms with Crippen molar-refractivity contribution in [1.82, 2.24) is 5.01 Å². The van der Waals surface area contributed by atoms with Crippen LogP contribution in [-0.2, 0) is 0 Å². The molecule has 0 radical (unpaired) electrons. The number of hydrogen-bond donors (Lipinski definition) is 2. The monoisotopic (exact) mass is 488 g/mol. The summed E-state index contributed by atoms with van der Waals surface area (Å²) in [5.41, 5.74) is 8.02. The van der Waals surface area contributed by atoms with E-state index in [4.69, 9.17) is 0 Å². The maximum Gasteiger partial charge on any atom is 0.279 e. The highest BCUT2D eigenvalue weighted by Gasteiger charge is 2.33. The molecule has 4 aromatic rings. The zero-order valence-electron chi connectivity index (χ0n) is 16.2. The van der Waals surface area contributed by atoms with Crippen LogP contribution in [0.3, 0.4) is 0 Å². The maximum absolute atomic E-state index is 13.2. The predicted molar refractivity (Wildman–Crippen MR) is 129 cm³/mol. The number of aliphatic hydroxyl groups excluding tert-OH is 1. The van der Waals surface area contributed by atoms with Gasteiger partial charge in [0.25, 0.3) is 5.91 Å². The molecule has 1 aliphatic heterocycles. The summed E-state index contributed by atoms with van der Waals surface area (Å²) >= 11 is 4.90. The lowest BCUT2D eigenvalue weighted by Gasteiger charge is -2.30. The van der Waals surface area contributed by atoms with Gasteiger partial charge in [-0.2, -0.15) is 5.01 Å². The van der Waals surface area contributed by atoms with E-state index in [1.807, 2.05) is 60.7 Å². The molecule has 6 heteroatoms. The first-order valence-corrected chi connectivity index (χ1v) is 11.3. The first-order chi connectivity index (χ1) is 15.1. The summed E-state index contributed by atoms with van der Waals surface area (Å²) in [6.07, 6.45) is 0. The topological polar surface area (TPSA) is 52.6 Å². The Bertz CT molecular complexity index is 1280. The fourth-order valence-corrected chi connectivity index (χ4v) is 4.87. The number of nitrogens with one attached hydrogen (secondary N) is 1. The Morgan fingerprint density at radius 2 is 1.48 bits per heavy atom. The SMILES string of the molecule is O=C(c1ccc(Br)cc1)N1Nc2scc(-c3ccccc3)c2C(c2ccccc2)=C1O. The second kappa shape index (κ2) is 8.06. The van der Waals surface area contributed by atoms with Crippen LogP contribution in [0.2, 0.25) is 0 Å². The molecule has 5 rings (SSSR count). The standard InChI is InChI=1S/C25H17BrN2O2S/c26-19-13-11-18(12-14-19)24(29)28-25(30)21(17-9-5-2-6-10-17)22-20(15-31-23(22)27-28)16-7-3-1-4-8-16/h1-15,27,30H. The number of thiophene rings is 1. The van der Waals surface area contributed by atoms with E-state index in [9.17, 15) is 9.90 Å². The summed E-state index contributed by atoms with van der Waals surface area (Å²) in [4.78, 5) is 13.2. The van der Waals surface area contributed by atoms with Crippen LogP contribution in [0.4, 0.5) is 5.00 Å². The van der Waals surface area contributed by atoms with Gasteiger partial charge in [0, 0.05) is 26.5 Å². The van der Waals surface area contributed by atoms with Gasteiger partial charge in [0.1, 0.15) is 5.00 Å². The first-order valence-electron chi connectivity index (χ1n) is 9.66. The van der Waals surface area contributed by atoms with Gasteiger partial charge in [-0.3, -0.25) is 10.2 Å². The van der Waals surface area contributed by atoms with Crippen molar-refractivity contribution >= 4 is 43.7 Å². The van der Waals surface area contributed by atoms with Crippen molar-refractivity contribution in [3.8, 4) is 11.1 Å². The molecule has 0 atom stereocenters. The van der Waals surface area contributed by atoms with Crippen molar-refractivity contribution < 1.29 is 9.90 Å². The number of rotatable bonds is 3. The van der Waals surface area contributed by atoms with Crippen LogP contribution in [0.25, 0.3) is 16.7 Å². The first kappa shape index (κ1) is 19.6. The molecule has 1 amide bonds. The minimum Gasteiger partial charge on any atom is -0.493 e. The molecule has 0 saturated heterocycles. The Hall–Kier alpha value is -3.35. The Morgan fingerprint density at radius 3 is 2.13 bits per heavy atom. The molecule has 0 aliphatic carbocycles. The Balaban J connectivity index is 1.68. The normalized spacial score (nSPS) is 13.0. The highest BCUT2D eigenvalue weighted by atomic mass is 79.9. The highest BCUT2D eigenvalue weighted by Crippen LogP contribution is 2.46. The molecule has 2 N–H and O–H groups in total. The van der Waals surface area contributed by atoms with Crippen molar-refractivity contribution in [2.45, 2.75) is 0 Å². The minimum absolute atomic E-state index is 0.123. The number of halogens is 1. The predicted octanol–water partition coefficient (Wildman–Crippen LogP) is 6.94. The van der Waals surface area contributed by atoms with E-state index in [0.29, 0.717) is 11.1 Å². The summed E-state index contributed by atoms with van der Waals surface area (Å²) in [7, 11) is 0. The van der Waals surface area contributed by atoms with Gasteiger partial charge in [0.05, 0.1) is 5.57 Å². The van der Waals surface area contributed by atoms with Gasteiger partial charge >= 0.3 is 0 Å². The van der Waals surface area contributed by atoms with E-state index in [1.54, 1.807) is 24.3 Å². The van der Waals surface area contributed by atoms with Crippen LogP contribution < -0.4 is 5.43 Å². The number of benzene rings is 3. The Morgan fingerprint density at radius 1 is 0.871 bits per heavy atom. The van der Waals surface area contributed by atoms with Gasteiger partial charge in [-0.25, -0.2) is 0 Å². The Labute approximate surface area is 192 Å². The number of carbonyl (C=O) groups excluding carboxylic acids is 1. The van der Waals surface area contributed by atoms with E-state index in [-0.39, 0.29) is 11.8 Å². The van der Waals surface area contributed by atoms with Crippen molar-refractivity contribution in [2.24, 2.45) is 0 Å². The molecule has 2 heterocycles. The second-order valence-corrected chi connectivity index (χ2v) is 8.84. The van der Waals surface area contributed by atoms with Gasteiger partial charge in [0.2, 0.25) is 5.88 Å². The third-order valence-electron chi connectivity index (χ3n) is 5.13. The van der Waals surface area contributed by atoms with Crippen LogP contribution in [0, 0.1) is 0 Å². The summed E-state index contributed by atoms with van der Waals surface area (Å²) < 4.78 is 0.883. The third kappa shape index (κ3) is 3.54. The van der Waals surface area contributed by atoms with Gasteiger partial charge < -0.3 is 5.11 Å². The number of anilines is 1. The van der Waals surface area contributed by atoms with Crippen molar-refractivity contribution in [2.75, 3.05) is 5.43 Å². The van der Waals surface area contributed by atoms with Gasteiger partial charge in [-0.15, -0.1) is 11.3 Å². The quantitative estimate of drug-likeness (QED) is 0.328. The van der Waals surface area contributed by atoms with Gasteiger partial charge in [-0.05, 0) is 35.4 Å². The van der Waals surface area contributed by atoms with E-state index < -0.39 is 0 Å². The average molecular weight is 489 g/mol. The molecule has 3 aromatic carbocycles. The number of nitrogens with zero attached hydrogens (tertiary/aromatic N) is 1. The van der Waals surface area contributed by atoms with Crippen LogP contribution in [0.1, 0.15) is 21.5 Å². The summed E-state index contributed by atoms with van der Waals surface area (Å²) in [6.45, 7) is 0. The minimum atomic E-state index is -0.334. The zero-order chi connectivity index (χ0) is 21.4. The molecule has 0 bridgehead atoms. The third-order valence-corrected chi connectivity index (χ3v) is 6.54. The Kier molecular flexibility index (Phi) is 5.10. The van der Waals surface area contributed by atoms with E-state index in [0.717, 1.165) is 31.7 Å². The zero-order valence-corrected chi connectivity index (χ0v) is 18.7. The number of fused-ring (bicyclic) bond motifs is 1. The average Bonchev–Trinajstić information content (AvgIpc) is 3.23. The largest absolute Gasteiger partial charge is 0.493 e. The van der Waals surface area contributed by atoms with Crippen molar-refractivity contribution in [1.29, 1.82) is 0 Å². The van der Waals surface area contributed by atoms with E-state index in [2.05, 4.69) is 26.7 Å². The molecular weight excluding hydrogens is 472 g/mol. The molecule has 0 fully saturated rings. The molecule has 0 saturated carbocycles. The molecule has 0 unspecified atom stereocenters. The van der Waals surface area contributed by atoms with Gasteiger partial charge in [-0.1, -0.05) is 76.6 Å². The molecule has 31 heavy (non-hydrogen) atoms. The molecule has 0 spiro atoms. The lowest BCUT2D eigenvalue weighted by Crippen LogP contribution is -2.38.